The van der Waals surface area contributed by atoms with Crippen LogP contribution in [0.25, 0.3) is 0 Å². The maximum absolute atomic E-state index is 12.5. The highest BCUT2D eigenvalue weighted by Gasteiger charge is 2.53. The van der Waals surface area contributed by atoms with E-state index in [-0.39, 0.29) is 19.0 Å². The van der Waals surface area contributed by atoms with Gasteiger partial charge in [-0.15, -0.1) is 0 Å². The zero-order valence-corrected chi connectivity index (χ0v) is 12.3. The van der Waals surface area contributed by atoms with Gasteiger partial charge in [0.05, 0.1) is 0 Å². The molecule has 21 heavy (non-hydrogen) atoms. The molecular formula is C13H22F3N2O3+. The minimum Gasteiger partial charge on any atom is -0.316 e. The summed E-state index contributed by atoms with van der Waals surface area (Å²) in [5.74, 6) is -3.19. The minimum absolute atomic E-state index is 0.0464. The molecule has 0 aromatic rings. The molecule has 0 spiro atoms. The molecule has 0 aromatic heterocycles. The summed E-state index contributed by atoms with van der Waals surface area (Å²) in [6.45, 7) is 3.67. The molecule has 1 saturated heterocycles. The second kappa shape index (κ2) is 6.74. The van der Waals surface area contributed by atoms with E-state index in [0.717, 1.165) is 6.42 Å². The van der Waals surface area contributed by atoms with Gasteiger partial charge in [-0.05, 0) is 12.3 Å². The van der Waals surface area contributed by atoms with Gasteiger partial charge in [0, 0.05) is 12.8 Å². The highest BCUT2D eigenvalue weighted by atomic mass is 19.4. The van der Waals surface area contributed by atoms with E-state index in [4.69, 9.17) is 5.73 Å². The third-order valence-corrected chi connectivity index (χ3v) is 3.97. The number of halogens is 3. The maximum atomic E-state index is 12.5. The Kier molecular flexibility index (Phi) is 5.75. The molecule has 1 rings (SSSR count). The number of hydrogen-bond acceptors (Lipinski definition) is 4. The molecule has 0 saturated carbocycles. The second-order valence-corrected chi connectivity index (χ2v) is 5.52. The van der Waals surface area contributed by atoms with E-state index >= 15 is 0 Å². The van der Waals surface area contributed by atoms with Gasteiger partial charge in [-0.2, -0.15) is 13.2 Å². The molecular weight excluding hydrogens is 289 g/mol. The van der Waals surface area contributed by atoms with E-state index < -0.39 is 28.7 Å². The Labute approximate surface area is 121 Å². The van der Waals surface area contributed by atoms with Crippen LogP contribution in [0.3, 0.4) is 0 Å². The standard InChI is InChI=1S/C13H22F3N2O3/c1-3-9(2)10(17)11(19)18(7-5-4-6-8-18)21-12(20)13(14,15)16/h9-10H,3-8,17H2,1-2H3/q+1/t9-,10-/m0/s1. The van der Waals surface area contributed by atoms with Crippen LogP contribution >= 0.6 is 0 Å². The van der Waals surface area contributed by atoms with Crippen LogP contribution in [0.5, 0.6) is 0 Å². The molecule has 2 N–H and O–H groups in total. The van der Waals surface area contributed by atoms with Crippen molar-refractivity contribution >= 4 is 11.9 Å². The molecule has 1 amide bonds. The minimum atomic E-state index is -5.12. The molecule has 0 unspecified atom stereocenters. The number of carbonyl (C=O) groups is 2. The number of carbonyl (C=O) groups excluding carboxylic acids is 2. The number of hydrogen-bond donors (Lipinski definition) is 1. The van der Waals surface area contributed by atoms with Crippen molar-refractivity contribution in [2.75, 3.05) is 13.1 Å². The fourth-order valence-corrected chi connectivity index (χ4v) is 2.36. The Balaban J connectivity index is 2.98. The molecule has 2 atom stereocenters. The predicted molar refractivity (Wildman–Crippen MR) is 68.4 cm³/mol. The predicted octanol–water partition coefficient (Wildman–Crippen LogP) is 1.91. The first-order chi connectivity index (χ1) is 9.64. The molecule has 0 aromatic carbocycles. The fourth-order valence-electron chi connectivity index (χ4n) is 2.36. The van der Waals surface area contributed by atoms with Crippen molar-refractivity contribution in [1.29, 1.82) is 0 Å². The van der Waals surface area contributed by atoms with Gasteiger partial charge >= 0.3 is 18.1 Å². The lowest BCUT2D eigenvalue weighted by molar-refractivity contribution is -1.03. The third-order valence-electron chi connectivity index (χ3n) is 3.97. The van der Waals surface area contributed by atoms with Crippen molar-refractivity contribution in [1.82, 2.24) is 0 Å². The van der Waals surface area contributed by atoms with Crippen molar-refractivity contribution in [2.45, 2.75) is 51.7 Å². The Morgan fingerprint density at radius 1 is 1.24 bits per heavy atom. The molecule has 0 bridgehead atoms. The summed E-state index contributed by atoms with van der Waals surface area (Å²) in [6, 6.07) is -0.950. The SMILES string of the molecule is CC[C@H](C)[C@H](N)C(=O)[N+]1(OC(=O)C(F)(F)F)CCCCC1. The van der Waals surface area contributed by atoms with Gasteiger partial charge in [-0.3, -0.25) is 4.84 Å². The summed E-state index contributed by atoms with van der Waals surface area (Å²) in [4.78, 5) is 28.2. The number of alkyl halides is 3. The number of nitrogens with two attached hydrogens (primary N) is 1. The lowest BCUT2D eigenvalue weighted by Gasteiger charge is -2.37. The Bertz CT molecular complexity index is 393. The van der Waals surface area contributed by atoms with Crippen molar-refractivity contribution in [2.24, 2.45) is 11.7 Å². The quantitative estimate of drug-likeness (QED) is 0.808. The van der Waals surface area contributed by atoms with Gasteiger partial charge in [0.2, 0.25) is 0 Å². The number of amides is 1. The maximum Gasteiger partial charge on any atom is 0.497 e. The number of rotatable bonds is 3. The normalized spacial score (nSPS) is 21.4. The van der Waals surface area contributed by atoms with Crippen LogP contribution < -0.4 is 5.73 Å². The van der Waals surface area contributed by atoms with E-state index in [0.29, 0.717) is 19.3 Å². The Morgan fingerprint density at radius 2 is 1.76 bits per heavy atom. The van der Waals surface area contributed by atoms with E-state index in [1.165, 1.54) is 0 Å². The van der Waals surface area contributed by atoms with E-state index in [1.807, 2.05) is 6.92 Å². The van der Waals surface area contributed by atoms with Gasteiger partial charge in [0.15, 0.2) is 0 Å². The second-order valence-electron chi connectivity index (χ2n) is 5.52. The van der Waals surface area contributed by atoms with E-state index in [2.05, 4.69) is 4.84 Å². The van der Waals surface area contributed by atoms with Crippen molar-refractivity contribution in [3.8, 4) is 0 Å². The van der Waals surface area contributed by atoms with Crippen LogP contribution in [-0.2, 0) is 14.4 Å². The lowest BCUT2D eigenvalue weighted by atomic mass is 9.97. The first-order valence-electron chi connectivity index (χ1n) is 7.12. The molecule has 1 aliphatic rings. The smallest absolute Gasteiger partial charge is 0.316 e. The summed E-state index contributed by atoms with van der Waals surface area (Å²) in [5, 5.41) is 0. The van der Waals surface area contributed by atoms with Crippen LogP contribution in [0.1, 0.15) is 39.5 Å². The fraction of sp³-hybridized carbons (Fsp3) is 0.846. The largest absolute Gasteiger partial charge is 0.497 e. The van der Waals surface area contributed by atoms with Crippen LogP contribution in [0.4, 0.5) is 13.2 Å². The van der Waals surface area contributed by atoms with Crippen LogP contribution in [-0.4, -0.2) is 41.8 Å². The lowest BCUT2D eigenvalue weighted by Crippen LogP contribution is -2.63. The van der Waals surface area contributed by atoms with Crippen LogP contribution in [0.15, 0.2) is 0 Å². The summed E-state index contributed by atoms with van der Waals surface area (Å²) in [6.07, 6.45) is -2.69. The van der Waals surface area contributed by atoms with E-state index in [9.17, 15) is 22.8 Å². The van der Waals surface area contributed by atoms with Gasteiger partial charge in [-0.25, -0.2) is 9.59 Å². The molecule has 8 heteroatoms. The Hall–Kier alpha value is -1.15. The number of quaternary nitrogens is 1. The molecule has 0 radical (unpaired) electrons. The highest BCUT2D eigenvalue weighted by molar-refractivity contribution is 5.78. The van der Waals surface area contributed by atoms with E-state index in [1.54, 1.807) is 6.92 Å². The first kappa shape index (κ1) is 17.9. The first-order valence-corrected chi connectivity index (χ1v) is 7.12. The number of hydroxylamine groups is 3. The number of nitrogens with zero attached hydrogens (tertiary/aromatic N) is 1. The average Bonchev–Trinajstić information content (AvgIpc) is 2.44. The molecule has 0 aliphatic carbocycles. The summed E-state index contributed by atoms with van der Waals surface area (Å²) < 4.78 is 36.4. The molecule has 1 heterocycles. The number of likely N-dealkylation sites (tertiary alicyclic amines) is 1. The van der Waals surface area contributed by atoms with Crippen LogP contribution in [0, 0.1) is 5.92 Å². The zero-order chi connectivity index (χ0) is 16.3. The highest BCUT2D eigenvalue weighted by Crippen LogP contribution is 2.27. The summed E-state index contributed by atoms with van der Waals surface area (Å²) in [7, 11) is 0. The molecule has 1 aliphatic heterocycles. The van der Waals surface area contributed by atoms with Gasteiger partial charge in [-0.1, -0.05) is 24.9 Å². The summed E-state index contributed by atoms with van der Waals surface area (Å²) in [5.41, 5.74) is 5.83. The Morgan fingerprint density at radius 3 is 2.19 bits per heavy atom. The number of piperidine rings is 1. The average molecular weight is 311 g/mol. The van der Waals surface area contributed by atoms with Crippen molar-refractivity contribution < 1.29 is 32.2 Å². The van der Waals surface area contributed by atoms with Crippen molar-refractivity contribution in [3.63, 3.8) is 0 Å². The molecule has 122 valence electrons. The van der Waals surface area contributed by atoms with Crippen LogP contribution in [0.2, 0.25) is 0 Å². The van der Waals surface area contributed by atoms with Crippen molar-refractivity contribution in [3.05, 3.63) is 0 Å². The monoisotopic (exact) mass is 311 g/mol. The molecule has 1 fully saturated rings. The van der Waals surface area contributed by atoms with Gasteiger partial charge in [0.1, 0.15) is 19.1 Å². The topological polar surface area (TPSA) is 69.4 Å². The van der Waals surface area contributed by atoms with Gasteiger partial charge in [0.25, 0.3) is 0 Å². The summed E-state index contributed by atoms with van der Waals surface area (Å²) >= 11 is 0. The van der Waals surface area contributed by atoms with Gasteiger partial charge < -0.3 is 5.73 Å². The zero-order valence-electron chi connectivity index (χ0n) is 12.3. The third kappa shape index (κ3) is 4.16. The molecule has 5 nitrogen and oxygen atoms in total.